The summed E-state index contributed by atoms with van der Waals surface area (Å²) in [6.07, 6.45) is 8.01. The Balaban J connectivity index is 1.82. The Bertz CT molecular complexity index is 953. The lowest BCUT2D eigenvalue weighted by atomic mass is 9.90. The van der Waals surface area contributed by atoms with Gasteiger partial charge in [-0.05, 0) is 51.9 Å². The second-order valence-corrected chi connectivity index (χ2v) is 7.39. The van der Waals surface area contributed by atoms with Crippen LogP contribution in [-0.2, 0) is 23.6 Å². The summed E-state index contributed by atoms with van der Waals surface area (Å²) in [5.41, 5.74) is 5.15. The highest BCUT2D eigenvalue weighted by molar-refractivity contribution is 7.84. The molecule has 4 rings (SSSR count). The maximum atomic E-state index is 11.9. The maximum Gasteiger partial charge on any atom is 0.0501 e. The van der Waals surface area contributed by atoms with Gasteiger partial charge in [0.05, 0.1) is 10.8 Å². The van der Waals surface area contributed by atoms with Gasteiger partial charge in [-0.1, -0.05) is 60.7 Å². The molecule has 1 unspecified atom stereocenters. The van der Waals surface area contributed by atoms with Crippen LogP contribution in [0.2, 0.25) is 0 Å². The first kappa shape index (κ1) is 14.4. The lowest BCUT2D eigenvalue weighted by Crippen LogP contribution is -1.99. The number of allylic oxidation sites excluding steroid dienone is 1. The third-order valence-corrected chi connectivity index (χ3v) is 5.48. The molecule has 0 aliphatic heterocycles. The summed E-state index contributed by atoms with van der Waals surface area (Å²) in [5.74, 6) is 0. The molecule has 0 heterocycles. The standard InChI is InChI=1S/C21H18OS/c1-23(22)20-11-3-2-6-17(20)12-15-13-18-9-4-7-16-8-5-10-19(14-15)21(16)18/h2-9,11,13-14H,10,12H2,1H3. The molecule has 1 nitrogen and oxygen atoms in total. The van der Waals surface area contributed by atoms with Crippen LogP contribution in [0.25, 0.3) is 16.8 Å². The smallest absolute Gasteiger partial charge is 0.0501 e. The molecule has 114 valence electrons. The maximum absolute atomic E-state index is 11.9. The van der Waals surface area contributed by atoms with Crippen molar-refractivity contribution >= 4 is 27.6 Å². The Kier molecular flexibility index (Phi) is 3.62. The van der Waals surface area contributed by atoms with Crippen LogP contribution in [0.5, 0.6) is 0 Å². The molecule has 0 aromatic heterocycles. The number of rotatable bonds is 3. The van der Waals surface area contributed by atoms with Crippen LogP contribution in [0.3, 0.4) is 0 Å². The minimum atomic E-state index is -0.952. The van der Waals surface area contributed by atoms with Gasteiger partial charge in [0.15, 0.2) is 0 Å². The Morgan fingerprint density at radius 2 is 1.91 bits per heavy atom. The summed E-state index contributed by atoms with van der Waals surface area (Å²) in [4.78, 5) is 0.940. The van der Waals surface area contributed by atoms with Crippen LogP contribution in [0.1, 0.15) is 22.3 Å². The van der Waals surface area contributed by atoms with Crippen molar-refractivity contribution in [2.24, 2.45) is 0 Å². The zero-order valence-corrected chi connectivity index (χ0v) is 13.9. The van der Waals surface area contributed by atoms with Crippen molar-refractivity contribution in [3.63, 3.8) is 0 Å². The highest BCUT2D eigenvalue weighted by atomic mass is 32.2. The minimum Gasteiger partial charge on any atom is -0.255 e. The summed E-state index contributed by atoms with van der Waals surface area (Å²) >= 11 is 0. The second-order valence-electron chi connectivity index (χ2n) is 6.05. The summed E-state index contributed by atoms with van der Waals surface area (Å²) in [6, 6.07) is 19.1. The second kappa shape index (κ2) is 5.78. The van der Waals surface area contributed by atoms with Crippen LogP contribution >= 0.6 is 0 Å². The Morgan fingerprint density at radius 3 is 2.78 bits per heavy atom. The molecule has 1 atom stereocenters. The predicted octanol–water partition coefficient (Wildman–Crippen LogP) is 4.74. The van der Waals surface area contributed by atoms with E-state index in [1.165, 1.54) is 27.5 Å². The van der Waals surface area contributed by atoms with E-state index in [1.54, 1.807) is 6.26 Å². The first-order chi connectivity index (χ1) is 11.2. The molecule has 0 N–H and O–H groups in total. The van der Waals surface area contributed by atoms with E-state index in [0.717, 1.165) is 23.3 Å². The van der Waals surface area contributed by atoms with Crippen molar-refractivity contribution in [2.45, 2.75) is 17.7 Å². The molecule has 0 saturated heterocycles. The SMILES string of the molecule is CS(=O)c1ccccc1Cc1cc2c3c(cccc3c1)C=CC2. The highest BCUT2D eigenvalue weighted by Gasteiger charge is 2.12. The van der Waals surface area contributed by atoms with Crippen LogP contribution < -0.4 is 0 Å². The minimum absolute atomic E-state index is 0.826. The van der Waals surface area contributed by atoms with E-state index in [4.69, 9.17) is 0 Å². The van der Waals surface area contributed by atoms with E-state index in [1.807, 2.05) is 18.2 Å². The molecule has 2 heteroatoms. The van der Waals surface area contributed by atoms with Gasteiger partial charge in [-0.25, -0.2) is 0 Å². The lowest BCUT2D eigenvalue weighted by molar-refractivity contribution is 0.686. The van der Waals surface area contributed by atoms with Crippen molar-refractivity contribution in [3.8, 4) is 0 Å². The van der Waals surface area contributed by atoms with Gasteiger partial charge >= 0.3 is 0 Å². The molecule has 0 bridgehead atoms. The Labute approximate surface area is 139 Å². The first-order valence-electron chi connectivity index (χ1n) is 7.85. The fourth-order valence-electron chi connectivity index (χ4n) is 3.48. The third kappa shape index (κ3) is 2.64. The fourth-order valence-corrected chi connectivity index (χ4v) is 4.26. The average Bonchev–Trinajstić information content (AvgIpc) is 2.55. The van der Waals surface area contributed by atoms with Crippen molar-refractivity contribution in [2.75, 3.05) is 6.26 Å². The van der Waals surface area contributed by atoms with E-state index >= 15 is 0 Å². The Morgan fingerprint density at radius 1 is 1.04 bits per heavy atom. The van der Waals surface area contributed by atoms with Crippen molar-refractivity contribution in [3.05, 3.63) is 82.9 Å². The van der Waals surface area contributed by atoms with Crippen molar-refractivity contribution in [1.29, 1.82) is 0 Å². The average molecular weight is 318 g/mol. The van der Waals surface area contributed by atoms with E-state index in [-0.39, 0.29) is 0 Å². The Hall–Kier alpha value is -2.19. The zero-order valence-electron chi connectivity index (χ0n) is 13.1. The largest absolute Gasteiger partial charge is 0.255 e. The lowest BCUT2D eigenvalue weighted by Gasteiger charge is -2.15. The molecule has 1 aliphatic carbocycles. The summed E-state index contributed by atoms with van der Waals surface area (Å²) in [7, 11) is -0.952. The van der Waals surface area contributed by atoms with Crippen molar-refractivity contribution in [1.82, 2.24) is 0 Å². The first-order valence-corrected chi connectivity index (χ1v) is 9.40. The molecule has 0 saturated carbocycles. The van der Waals surface area contributed by atoms with E-state index < -0.39 is 10.8 Å². The monoisotopic (exact) mass is 318 g/mol. The summed E-state index contributed by atoms with van der Waals surface area (Å²) in [5, 5.41) is 2.68. The molecule has 1 aliphatic rings. The molecule has 0 amide bonds. The predicted molar refractivity (Wildman–Crippen MR) is 98.3 cm³/mol. The fraction of sp³-hybridized carbons (Fsp3) is 0.143. The number of hydrogen-bond donors (Lipinski definition) is 0. The molecule has 3 aromatic carbocycles. The van der Waals surface area contributed by atoms with E-state index in [9.17, 15) is 4.21 Å². The molecular weight excluding hydrogens is 300 g/mol. The normalized spacial score (nSPS) is 14.1. The van der Waals surface area contributed by atoms with Gasteiger partial charge in [0.2, 0.25) is 0 Å². The van der Waals surface area contributed by atoms with Crippen LogP contribution in [0.4, 0.5) is 0 Å². The van der Waals surface area contributed by atoms with Crippen LogP contribution in [0.15, 0.2) is 65.6 Å². The number of benzene rings is 3. The molecule has 0 radical (unpaired) electrons. The van der Waals surface area contributed by atoms with Gasteiger partial charge in [0.25, 0.3) is 0 Å². The van der Waals surface area contributed by atoms with Gasteiger partial charge in [0.1, 0.15) is 0 Å². The van der Waals surface area contributed by atoms with E-state index in [2.05, 4.69) is 48.6 Å². The van der Waals surface area contributed by atoms with Crippen molar-refractivity contribution < 1.29 is 4.21 Å². The number of hydrogen-bond acceptors (Lipinski definition) is 1. The van der Waals surface area contributed by atoms with Crippen LogP contribution in [0, 0.1) is 0 Å². The van der Waals surface area contributed by atoms with Gasteiger partial charge in [0, 0.05) is 11.2 Å². The van der Waals surface area contributed by atoms with Gasteiger partial charge < -0.3 is 0 Å². The molecule has 23 heavy (non-hydrogen) atoms. The highest BCUT2D eigenvalue weighted by Crippen LogP contribution is 2.30. The quantitative estimate of drug-likeness (QED) is 0.682. The molecule has 0 spiro atoms. The third-order valence-electron chi connectivity index (χ3n) is 4.46. The topological polar surface area (TPSA) is 17.1 Å². The van der Waals surface area contributed by atoms with Crippen LogP contribution in [-0.4, -0.2) is 10.5 Å². The van der Waals surface area contributed by atoms with Gasteiger partial charge in [-0.15, -0.1) is 0 Å². The zero-order chi connectivity index (χ0) is 15.8. The van der Waals surface area contributed by atoms with E-state index in [0.29, 0.717) is 0 Å². The molecular formula is C21H18OS. The summed E-state index contributed by atoms with van der Waals surface area (Å²) in [6.45, 7) is 0. The molecule has 3 aromatic rings. The molecule has 0 fully saturated rings. The summed E-state index contributed by atoms with van der Waals surface area (Å²) < 4.78 is 11.9. The van der Waals surface area contributed by atoms with Gasteiger partial charge in [-0.3, -0.25) is 4.21 Å². The van der Waals surface area contributed by atoms with Gasteiger partial charge in [-0.2, -0.15) is 0 Å².